The minimum Gasteiger partial charge on any atom is -0.493 e. The normalized spacial score (nSPS) is 16.3. The highest BCUT2D eigenvalue weighted by atomic mass is 19.1. The molecule has 0 saturated carbocycles. The van der Waals surface area contributed by atoms with Crippen LogP contribution in [-0.2, 0) is 13.0 Å². The van der Waals surface area contributed by atoms with Crippen molar-refractivity contribution in [2.45, 2.75) is 45.3 Å². The summed E-state index contributed by atoms with van der Waals surface area (Å²) < 4.78 is 24.7. The third-order valence-corrected chi connectivity index (χ3v) is 6.85. The van der Waals surface area contributed by atoms with Crippen molar-refractivity contribution in [3.05, 3.63) is 94.3 Å². The van der Waals surface area contributed by atoms with Gasteiger partial charge in [0.2, 0.25) is 0 Å². The molecule has 1 aliphatic heterocycles. The number of fused-ring (bicyclic) bond motifs is 1. The molecule has 3 aromatic carbocycles. The number of halogens is 1. The summed E-state index contributed by atoms with van der Waals surface area (Å²) >= 11 is 0. The molecule has 3 aromatic rings. The Bertz CT molecular complexity index is 1180. The first-order valence-electron chi connectivity index (χ1n) is 12.0. The Morgan fingerprint density at radius 1 is 1.09 bits per heavy atom. The molecular formula is C29H33FN2O3. The Labute approximate surface area is 206 Å². The zero-order chi connectivity index (χ0) is 24.9. The van der Waals surface area contributed by atoms with Gasteiger partial charge in [-0.1, -0.05) is 37.3 Å². The average molecular weight is 477 g/mol. The van der Waals surface area contributed by atoms with Gasteiger partial charge in [-0.2, -0.15) is 0 Å². The highest BCUT2D eigenvalue weighted by molar-refractivity contribution is 5.95. The molecule has 1 amide bonds. The van der Waals surface area contributed by atoms with Crippen molar-refractivity contribution in [3.8, 4) is 11.5 Å². The number of hydrogen-bond donors (Lipinski definition) is 1. The van der Waals surface area contributed by atoms with Gasteiger partial charge in [0.25, 0.3) is 5.91 Å². The van der Waals surface area contributed by atoms with E-state index in [0.717, 1.165) is 36.1 Å². The second-order valence-electron chi connectivity index (χ2n) is 9.00. The molecule has 6 heteroatoms. The molecule has 0 radical (unpaired) electrons. The van der Waals surface area contributed by atoms with Crippen LogP contribution in [0.3, 0.4) is 0 Å². The van der Waals surface area contributed by atoms with Gasteiger partial charge in [-0.3, -0.25) is 9.69 Å². The van der Waals surface area contributed by atoms with E-state index in [1.54, 1.807) is 14.2 Å². The quantitative estimate of drug-likeness (QED) is 0.469. The van der Waals surface area contributed by atoms with Crippen molar-refractivity contribution in [1.29, 1.82) is 0 Å². The zero-order valence-electron chi connectivity index (χ0n) is 20.8. The topological polar surface area (TPSA) is 50.8 Å². The van der Waals surface area contributed by atoms with Gasteiger partial charge in [-0.25, -0.2) is 4.39 Å². The molecule has 4 rings (SSSR count). The first-order valence-corrected chi connectivity index (χ1v) is 12.0. The summed E-state index contributed by atoms with van der Waals surface area (Å²) in [4.78, 5) is 15.7. The lowest BCUT2D eigenvalue weighted by molar-refractivity contribution is 0.0858. The van der Waals surface area contributed by atoms with Gasteiger partial charge >= 0.3 is 0 Å². The third-order valence-electron chi connectivity index (χ3n) is 6.85. The standard InChI is InChI=1S/C29H33FN2O3/c1-5-25(31-29(33)23-9-7-6-8-19(23)2)28-24-17-27(35-4)26(34-3)16-21(24)14-15-32(28)18-20-10-12-22(30)13-11-20/h6-13,16-17,25,28H,5,14-15,18H2,1-4H3,(H,31,33). The number of carbonyl (C=O) groups is 1. The molecule has 1 N–H and O–H groups in total. The van der Waals surface area contributed by atoms with Crippen LogP contribution in [-0.4, -0.2) is 37.6 Å². The summed E-state index contributed by atoms with van der Waals surface area (Å²) in [5, 5.41) is 3.31. The Hall–Kier alpha value is -3.38. The molecule has 5 nitrogen and oxygen atoms in total. The van der Waals surface area contributed by atoms with Gasteiger partial charge in [0.1, 0.15) is 5.82 Å². The van der Waals surface area contributed by atoms with E-state index in [1.165, 1.54) is 17.7 Å². The van der Waals surface area contributed by atoms with Gasteiger partial charge in [0.05, 0.1) is 20.3 Å². The van der Waals surface area contributed by atoms with Crippen LogP contribution in [0.4, 0.5) is 4.39 Å². The lowest BCUT2D eigenvalue weighted by Crippen LogP contribution is -2.48. The smallest absolute Gasteiger partial charge is 0.251 e. The summed E-state index contributed by atoms with van der Waals surface area (Å²) in [6.45, 7) is 5.49. The number of aryl methyl sites for hydroxylation is 1. The lowest BCUT2D eigenvalue weighted by Gasteiger charge is -2.42. The van der Waals surface area contributed by atoms with Crippen LogP contribution < -0.4 is 14.8 Å². The highest BCUT2D eigenvalue weighted by Crippen LogP contribution is 2.40. The number of benzene rings is 3. The maximum absolute atomic E-state index is 13.5. The van der Waals surface area contributed by atoms with Gasteiger partial charge in [0, 0.05) is 24.7 Å². The Morgan fingerprint density at radius 3 is 2.43 bits per heavy atom. The SMILES string of the molecule is CCC(NC(=O)c1ccccc1C)C1c2cc(OC)c(OC)cc2CCN1Cc1ccc(F)cc1. The number of rotatable bonds is 8. The molecule has 0 aliphatic carbocycles. The van der Waals surface area contributed by atoms with E-state index in [9.17, 15) is 9.18 Å². The van der Waals surface area contributed by atoms with Crippen molar-refractivity contribution in [3.63, 3.8) is 0 Å². The molecule has 1 heterocycles. The molecule has 2 atom stereocenters. The van der Waals surface area contributed by atoms with Crippen LogP contribution in [0.15, 0.2) is 60.7 Å². The van der Waals surface area contributed by atoms with Crippen molar-refractivity contribution in [1.82, 2.24) is 10.2 Å². The summed E-state index contributed by atoms with van der Waals surface area (Å²) in [6, 6.07) is 18.1. The number of nitrogens with one attached hydrogen (secondary N) is 1. The Morgan fingerprint density at radius 2 is 1.77 bits per heavy atom. The molecule has 0 spiro atoms. The summed E-state index contributed by atoms with van der Waals surface area (Å²) in [5.41, 5.74) is 4.96. The number of carbonyl (C=O) groups excluding carboxylic acids is 1. The van der Waals surface area contributed by atoms with Crippen molar-refractivity contribution < 1.29 is 18.7 Å². The van der Waals surface area contributed by atoms with Gasteiger partial charge in [-0.15, -0.1) is 0 Å². The fraction of sp³-hybridized carbons (Fsp3) is 0.345. The average Bonchev–Trinajstić information content (AvgIpc) is 2.88. The molecule has 0 fully saturated rings. The first-order chi connectivity index (χ1) is 16.9. The van der Waals surface area contributed by atoms with Crippen LogP contribution in [0.25, 0.3) is 0 Å². The van der Waals surface area contributed by atoms with Gasteiger partial charge < -0.3 is 14.8 Å². The second-order valence-corrected chi connectivity index (χ2v) is 9.00. The maximum Gasteiger partial charge on any atom is 0.251 e. The maximum atomic E-state index is 13.5. The van der Waals surface area contributed by atoms with Gasteiger partial charge in [0.15, 0.2) is 11.5 Å². The minimum atomic E-state index is -0.247. The van der Waals surface area contributed by atoms with Crippen LogP contribution in [0.2, 0.25) is 0 Å². The summed E-state index contributed by atoms with van der Waals surface area (Å²) in [6.07, 6.45) is 1.59. The predicted molar refractivity (Wildman–Crippen MR) is 136 cm³/mol. The molecule has 2 unspecified atom stereocenters. The van der Waals surface area contributed by atoms with Crippen molar-refractivity contribution in [2.24, 2.45) is 0 Å². The predicted octanol–water partition coefficient (Wildman–Crippen LogP) is 5.46. The fourth-order valence-corrected chi connectivity index (χ4v) is 4.98. The van der Waals surface area contributed by atoms with E-state index in [2.05, 4.69) is 17.1 Å². The summed E-state index contributed by atoms with van der Waals surface area (Å²) in [7, 11) is 3.28. The third kappa shape index (κ3) is 5.33. The van der Waals surface area contributed by atoms with E-state index in [4.69, 9.17) is 9.47 Å². The second kappa shape index (κ2) is 10.9. The number of hydrogen-bond acceptors (Lipinski definition) is 4. The Kier molecular flexibility index (Phi) is 7.71. The van der Waals surface area contributed by atoms with Gasteiger partial charge in [-0.05, 0) is 72.4 Å². The van der Waals surface area contributed by atoms with E-state index < -0.39 is 0 Å². The number of amides is 1. The number of methoxy groups -OCH3 is 2. The molecule has 0 bridgehead atoms. The number of nitrogens with zero attached hydrogens (tertiary/aromatic N) is 1. The van der Waals surface area contributed by atoms with Crippen molar-refractivity contribution >= 4 is 5.91 Å². The van der Waals surface area contributed by atoms with Crippen LogP contribution in [0.1, 0.15) is 52.0 Å². The van der Waals surface area contributed by atoms with Crippen LogP contribution >= 0.6 is 0 Å². The highest BCUT2D eigenvalue weighted by Gasteiger charge is 2.35. The number of ether oxygens (including phenoxy) is 2. The largest absolute Gasteiger partial charge is 0.493 e. The van der Waals surface area contributed by atoms with E-state index >= 15 is 0 Å². The van der Waals surface area contributed by atoms with Crippen molar-refractivity contribution in [2.75, 3.05) is 20.8 Å². The Balaban J connectivity index is 1.73. The van der Waals surface area contributed by atoms with Crippen LogP contribution in [0.5, 0.6) is 11.5 Å². The van der Waals surface area contributed by atoms with E-state index in [-0.39, 0.29) is 23.8 Å². The zero-order valence-corrected chi connectivity index (χ0v) is 20.8. The van der Waals surface area contributed by atoms with E-state index in [1.807, 2.05) is 55.5 Å². The van der Waals surface area contributed by atoms with E-state index in [0.29, 0.717) is 23.6 Å². The first kappa shape index (κ1) is 24.7. The molecule has 0 saturated heterocycles. The monoisotopic (exact) mass is 476 g/mol. The summed E-state index contributed by atoms with van der Waals surface area (Å²) in [5.74, 6) is 1.04. The minimum absolute atomic E-state index is 0.0794. The lowest BCUT2D eigenvalue weighted by atomic mass is 9.86. The molecule has 35 heavy (non-hydrogen) atoms. The molecule has 1 aliphatic rings. The van der Waals surface area contributed by atoms with Crippen LogP contribution in [0, 0.1) is 12.7 Å². The molecular weight excluding hydrogens is 443 g/mol. The fourth-order valence-electron chi connectivity index (χ4n) is 4.98. The molecule has 0 aromatic heterocycles. The molecule has 184 valence electrons.